The third kappa shape index (κ3) is 4.92. The Morgan fingerprint density at radius 1 is 1.21 bits per heavy atom. The summed E-state index contributed by atoms with van der Waals surface area (Å²) in [4.78, 5) is 14.1. The van der Waals surface area contributed by atoms with Gasteiger partial charge in [0.05, 0.1) is 12.8 Å². The molecule has 1 unspecified atom stereocenters. The lowest BCUT2D eigenvalue weighted by Gasteiger charge is -2.24. The average molecular weight is 397 g/mol. The van der Waals surface area contributed by atoms with Gasteiger partial charge in [-0.1, -0.05) is 24.6 Å². The minimum atomic E-state index is -0.269. The van der Waals surface area contributed by atoms with Crippen molar-refractivity contribution in [2.45, 2.75) is 53.6 Å². The molecule has 0 aliphatic rings. The highest BCUT2D eigenvalue weighted by atomic mass is 16.4. The van der Waals surface area contributed by atoms with Crippen LogP contribution in [0.25, 0.3) is 11.7 Å². The fraction of sp³-hybridized carbons (Fsp3) is 0.409. The molecule has 1 aromatic carbocycles. The summed E-state index contributed by atoms with van der Waals surface area (Å²) in [6.45, 7) is 11.4. The highest BCUT2D eigenvalue weighted by Crippen LogP contribution is 2.22. The largest absolute Gasteiger partial charge is 0.459 e. The minimum absolute atomic E-state index is 0.0192. The van der Waals surface area contributed by atoms with Crippen molar-refractivity contribution >= 4 is 11.6 Å². The fourth-order valence-electron chi connectivity index (χ4n) is 3.59. The second kappa shape index (κ2) is 9.05. The Morgan fingerprint density at radius 2 is 1.93 bits per heavy atom. The Morgan fingerprint density at radius 3 is 2.55 bits per heavy atom. The molecule has 0 aliphatic heterocycles. The lowest BCUT2D eigenvalue weighted by molar-refractivity contribution is -0.928. The average Bonchev–Trinajstić information content (AvgIpc) is 3.35. The van der Waals surface area contributed by atoms with Gasteiger partial charge in [-0.2, -0.15) is 0 Å². The number of furan rings is 1. The molecule has 7 heteroatoms. The van der Waals surface area contributed by atoms with E-state index in [0.717, 1.165) is 34.7 Å². The Balaban J connectivity index is 1.72. The van der Waals surface area contributed by atoms with Gasteiger partial charge < -0.3 is 19.1 Å². The highest BCUT2D eigenvalue weighted by molar-refractivity contribution is 5.95. The molecule has 3 rings (SSSR count). The molecule has 0 aliphatic carbocycles. The van der Waals surface area contributed by atoms with Crippen molar-refractivity contribution in [3.8, 4) is 11.7 Å². The number of hydrogen-bond donors (Lipinski definition) is 2. The maximum absolute atomic E-state index is 13.0. The SMILES string of the molecule is CCC[NH+](Cc1nnc(-c2ccco2)o1)[C@H](C)C(=O)Nc1c(C)cc(C)cc1C. The number of benzene rings is 1. The van der Waals surface area contributed by atoms with Gasteiger partial charge in [-0.05, 0) is 57.4 Å². The van der Waals surface area contributed by atoms with E-state index in [0.29, 0.717) is 24.1 Å². The monoisotopic (exact) mass is 397 g/mol. The maximum atomic E-state index is 13.0. The normalized spacial score (nSPS) is 13.3. The second-order valence-corrected chi connectivity index (χ2v) is 7.55. The number of carbonyl (C=O) groups excluding carboxylic acids is 1. The number of amides is 1. The van der Waals surface area contributed by atoms with Gasteiger partial charge in [0.15, 0.2) is 18.3 Å². The zero-order valence-electron chi connectivity index (χ0n) is 17.7. The maximum Gasteiger partial charge on any atom is 0.283 e. The molecule has 2 heterocycles. The van der Waals surface area contributed by atoms with Crippen LogP contribution < -0.4 is 10.2 Å². The molecule has 1 amide bonds. The summed E-state index contributed by atoms with van der Waals surface area (Å²) in [5.74, 6) is 1.36. The number of anilines is 1. The third-order valence-corrected chi connectivity index (χ3v) is 5.08. The van der Waals surface area contributed by atoms with E-state index < -0.39 is 0 Å². The molecule has 0 bridgehead atoms. The molecule has 0 saturated heterocycles. The predicted molar refractivity (Wildman–Crippen MR) is 111 cm³/mol. The number of quaternary nitrogens is 1. The summed E-state index contributed by atoms with van der Waals surface area (Å²) in [6.07, 6.45) is 2.50. The quantitative estimate of drug-likeness (QED) is 0.610. The van der Waals surface area contributed by atoms with Crippen molar-refractivity contribution in [1.29, 1.82) is 0 Å². The Bertz CT molecular complexity index is 939. The van der Waals surface area contributed by atoms with Crippen molar-refractivity contribution < 1.29 is 18.5 Å². The number of hydrogen-bond acceptors (Lipinski definition) is 5. The van der Waals surface area contributed by atoms with Crippen LogP contribution in [0.4, 0.5) is 5.69 Å². The van der Waals surface area contributed by atoms with Gasteiger partial charge in [0, 0.05) is 5.69 Å². The summed E-state index contributed by atoms with van der Waals surface area (Å²) in [7, 11) is 0. The van der Waals surface area contributed by atoms with Crippen LogP contribution in [0.15, 0.2) is 39.4 Å². The summed E-state index contributed by atoms with van der Waals surface area (Å²) in [5.41, 5.74) is 4.22. The lowest BCUT2D eigenvalue weighted by atomic mass is 10.0. The predicted octanol–water partition coefficient (Wildman–Crippen LogP) is 3.08. The van der Waals surface area contributed by atoms with Gasteiger partial charge in [0.25, 0.3) is 17.7 Å². The van der Waals surface area contributed by atoms with E-state index in [4.69, 9.17) is 8.83 Å². The van der Waals surface area contributed by atoms with Crippen LogP contribution in [0, 0.1) is 20.8 Å². The standard InChI is InChI=1S/C22H28N4O3/c1-6-9-26(13-19-24-25-22(29-19)18-8-7-10-28-18)17(5)21(27)23-20-15(3)11-14(2)12-16(20)4/h7-8,10-12,17H,6,9,13H2,1-5H3,(H,23,27)/p+1/t17-/m1/s1. The van der Waals surface area contributed by atoms with Crippen molar-refractivity contribution in [3.05, 3.63) is 53.1 Å². The van der Waals surface area contributed by atoms with Crippen molar-refractivity contribution in [2.24, 2.45) is 0 Å². The summed E-state index contributed by atoms with van der Waals surface area (Å²) in [5, 5.41) is 11.3. The topological polar surface area (TPSA) is 85.6 Å². The van der Waals surface area contributed by atoms with E-state index in [1.807, 2.05) is 20.8 Å². The molecule has 2 N–H and O–H groups in total. The molecule has 0 radical (unpaired) electrons. The number of nitrogens with zero attached hydrogens (tertiary/aromatic N) is 2. The van der Waals surface area contributed by atoms with E-state index in [1.165, 1.54) is 5.56 Å². The van der Waals surface area contributed by atoms with Crippen molar-refractivity contribution in [2.75, 3.05) is 11.9 Å². The third-order valence-electron chi connectivity index (χ3n) is 5.08. The first-order valence-corrected chi connectivity index (χ1v) is 9.98. The first-order valence-electron chi connectivity index (χ1n) is 9.98. The van der Waals surface area contributed by atoms with Crippen LogP contribution in [0.2, 0.25) is 0 Å². The number of nitrogens with one attached hydrogen (secondary N) is 2. The van der Waals surface area contributed by atoms with E-state index in [2.05, 4.69) is 41.5 Å². The van der Waals surface area contributed by atoms with Crippen LogP contribution in [0.3, 0.4) is 0 Å². The van der Waals surface area contributed by atoms with E-state index in [-0.39, 0.29) is 11.9 Å². The van der Waals surface area contributed by atoms with Gasteiger partial charge in [-0.3, -0.25) is 4.79 Å². The smallest absolute Gasteiger partial charge is 0.283 e. The van der Waals surface area contributed by atoms with Gasteiger partial charge in [0.1, 0.15) is 0 Å². The number of aryl methyl sites for hydroxylation is 3. The van der Waals surface area contributed by atoms with Gasteiger partial charge in [-0.25, -0.2) is 0 Å². The Labute approximate surface area is 171 Å². The number of aromatic nitrogens is 2. The van der Waals surface area contributed by atoms with Crippen LogP contribution in [0.1, 0.15) is 42.8 Å². The Hall–Kier alpha value is -2.93. The van der Waals surface area contributed by atoms with Crippen LogP contribution in [-0.2, 0) is 11.3 Å². The van der Waals surface area contributed by atoms with E-state index in [1.54, 1.807) is 18.4 Å². The first kappa shape index (κ1) is 20.8. The van der Waals surface area contributed by atoms with E-state index >= 15 is 0 Å². The number of carbonyl (C=O) groups is 1. The van der Waals surface area contributed by atoms with E-state index in [9.17, 15) is 4.79 Å². The minimum Gasteiger partial charge on any atom is -0.459 e. The molecule has 3 aromatic rings. The van der Waals surface area contributed by atoms with Gasteiger partial charge >= 0.3 is 0 Å². The van der Waals surface area contributed by atoms with Gasteiger partial charge in [-0.15, -0.1) is 10.2 Å². The lowest BCUT2D eigenvalue weighted by Crippen LogP contribution is -3.15. The summed E-state index contributed by atoms with van der Waals surface area (Å²) in [6, 6.07) is 7.44. The van der Waals surface area contributed by atoms with Crippen LogP contribution in [0.5, 0.6) is 0 Å². The van der Waals surface area contributed by atoms with Crippen molar-refractivity contribution in [1.82, 2.24) is 10.2 Å². The molecular weight excluding hydrogens is 368 g/mol. The molecule has 2 atom stereocenters. The molecule has 0 saturated carbocycles. The van der Waals surface area contributed by atoms with Crippen LogP contribution >= 0.6 is 0 Å². The highest BCUT2D eigenvalue weighted by Gasteiger charge is 2.27. The molecule has 7 nitrogen and oxygen atoms in total. The fourth-order valence-corrected chi connectivity index (χ4v) is 3.59. The molecule has 0 fully saturated rings. The number of rotatable bonds is 8. The van der Waals surface area contributed by atoms with Crippen molar-refractivity contribution in [3.63, 3.8) is 0 Å². The molecule has 0 spiro atoms. The Kier molecular flexibility index (Phi) is 6.49. The van der Waals surface area contributed by atoms with Crippen LogP contribution in [-0.4, -0.2) is 28.7 Å². The molecule has 154 valence electrons. The van der Waals surface area contributed by atoms with Gasteiger partial charge in [0.2, 0.25) is 0 Å². The summed E-state index contributed by atoms with van der Waals surface area (Å²) < 4.78 is 11.0. The molecule has 2 aromatic heterocycles. The zero-order chi connectivity index (χ0) is 21.0. The second-order valence-electron chi connectivity index (χ2n) is 7.55. The zero-order valence-corrected chi connectivity index (χ0v) is 17.7. The first-order chi connectivity index (χ1) is 13.9. The summed E-state index contributed by atoms with van der Waals surface area (Å²) >= 11 is 0. The molecule has 29 heavy (non-hydrogen) atoms. The molecular formula is C22H29N4O3+.